The lowest BCUT2D eigenvalue weighted by Crippen LogP contribution is -2.46. The smallest absolute Gasteiger partial charge is 0.337 e. The normalized spacial score (nSPS) is 14.0. The van der Waals surface area contributed by atoms with Gasteiger partial charge in [-0.25, -0.2) is 4.79 Å². The highest BCUT2D eigenvalue weighted by Crippen LogP contribution is 2.26. The van der Waals surface area contributed by atoms with Crippen LogP contribution in [0.15, 0.2) is 42.5 Å². The van der Waals surface area contributed by atoms with Crippen LogP contribution in [0.3, 0.4) is 0 Å². The van der Waals surface area contributed by atoms with Gasteiger partial charge in [-0.1, -0.05) is 13.8 Å². The zero-order valence-electron chi connectivity index (χ0n) is 17.5. The molecule has 1 aliphatic rings. The molecule has 1 amide bonds. The molecule has 0 spiro atoms. The van der Waals surface area contributed by atoms with Gasteiger partial charge in [0.05, 0.1) is 11.3 Å². The van der Waals surface area contributed by atoms with Gasteiger partial charge in [0.2, 0.25) is 5.91 Å². The van der Waals surface area contributed by atoms with Gasteiger partial charge in [-0.15, -0.1) is 0 Å². The molecular weight excluding hydrogens is 382 g/mol. The summed E-state index contributed by atoms with van der Waals surface area (Å²) in [5, 5.41) is 12.3. The van der Waals surface area contributed by atoms with Crippen LogP contribution in [0.2, 0.25) is 0 Å². The number of nitrogens with zero attached hydrogens (tertiary/aromatic N) is 2. The van der Waals surface area contributed by atoms with Crippen LogP contribution in [-0.2, 0) is 4.79 Å². The molecule has 2 aromatic rings. The molecule has 7 nitrogen and oxygen atoms in total. The fraction of sp³-hybridized carbons (Fsp3) is 0.348. The van der Waals surface area contributed by atoms with E-state index in [2.05, 4.69) is 15.1 Å². The Balaban J connectivity index is 1.70. The van der Waals surface area contributed by atoms with Crippen molar-refractivity contribution >= 4 is 34.7 Å². The minimum Gasteiger partial charge on any atom is -0.478 e. The van der Waals surface area contributed by atoms with Gasteiger partial charge in [0, 0.05) is 49.0 Å². The Morgan fingerprint density at radius 3 is 1.93 bits per heavy atom. The number of carbonyl (C=O) groups is 3. The number of carboxylic acid groups (broad SMARTS) is 1. The summed E-state index contributed by atoms with van der Waals surface area (Å²) in [6, 6.07) is 12.7. The number of Topliss-reactive ketones (excluding diaryl/α,β-unsaturated/α-hetero) is 1. The molecule has 0 atom stereocenters. The van der Waals surface area contributed by atoms with Gasteiger partial charge in [0.1, 0.15) is 0 Å². The topological polar surface area (TPSA) is 90.0 Å². The standard InChI is InChI=1S/C23H27N3O4/c1-15(2)22(28)24-21-9-8-19(14-20(21)23(29)30)26-12-10-25(11-13-26)18-6-4-17(5-7-18)16(3)27/h4-9,14-15H,10-13H2,1-3H3,(H,24,28)(H,29,30). The quantitative estimate of drug-likeness (QED) is 0.710. The van der Waals surface area contributed by atoms with Crippen molar-refractivity contribution in [1.29, 1.82) is 0 Å². The van der Waals surface area contributed by atoms with Crippen LogP contribution in [-0.4, -0.2) is 48.9 Å². The molecule has 7 heteroatoms. The first-order chi connectivity index (χ1) is 14.3. The number of nitrogens with one attached hydrogen (secondary N) is 1. The van der Waals surface area contributed by atoms with E-state index in [0.29, 0.717) is 11.3 Å². The van der Waals surface area contributed by atoms with Crippen LogP contribution < -0.4 is 15.1 Å². The van der Waals surface area contributed by atoms with E-state index in [0.717, 1.165) is 37.6 Å². The molecule has 1 saturated heterocycles. The molecule has 0 aromatic heterocycles. The van der Waals surface area contributed by atoms with E-state index in [1.807, 2.05) is 30.3 Å². The van der Waals surface area contributed by atoms with Crippen LogP contribution in [0.5, 0.6) is 0 Å². The van der Waals surface area contributed by atoms with Gasteiger partial charge in [-0.3, -0.25) is 9.59 Å². The molecule has 0 aliphatic carbocycles. The predicted molar refractivity (Wildman–Crippen MR) is 118 cm³/mol. The number of amides is 1. The average molecular weight is 409 g/mol. The Kier molecular flexibility index (Phi) is 6.40. The summed E-state index contributed by atoms with van der Waals surface area (Å²) in [7, 11) is 0. The highest BCUT2D eigenvalue weighted by atomic mass is 16.4. The van der Waals surface area contributed by atoms with Crippen LogP contribution in [0.1, 0.15) is 41.5 Å². The summed E-state index contributed by atoms with van der Waals surface area (Å²) in [5.74, 6) is -1.47. The molecule has 0 saturated carbocycles. The van der Waals surface area contributed by atoms with E-state index in [9.17, 15) is 19.5 Å². The van der Waals surface area contributed by atoms with Crippen LogP contribution in [0.4, 0.5) is 17.1 Å². The molecule has 1 fully saturated rings. The van der Waals surface area contributed by atoms with Crippen LogP contribution >= 0.6 is 0 Å². The third-order valence-electron chi connectivity index (χ3n) is 5.30. The number of ketones is 1. The maximum atomic E-state index is 12.0. The third-order valence-corrected chi connectivity index (χ3v) is 5.30. The lowest BCUT2D eigenvalue weighted by molar-refractivity contribution is -0.118. The Morgan fingerprint density at radius 1 is 0.900 bits per heavy atom. The van der Waals surface area contributed by atoms with Crippen molar-refractivity contribution in [2.24, 2.45) is 5.92 Å². The lowest BCUT2D eigenvalue weighted by Gasteiger charge is -2.37. The average Bonchev–Trinajstić information content (AvgIpc) is 2.74. The number of hydrogen-bond donors (Lipinski definition) is 2. The Morgan fingerprint density at radius 2 is 1.43 bits per heavy atom. The van der Waals surface area contributed by atoms with Gasteiger partial charge in [-0.2, -0.15) is 0 Å². The molecule has 158 valence electrons. The van der Waals surface area contributed by atoms with E-state index in [-0.39, 0.29) is 23.2 Å². The molecule has 2 N–H and O–H groups in total. The SMILES string of the molecule is CC(=O)c1ccc(N2CCN(c3ccc(NC(=O)C(C)C)c(C(=O)O)c3)CC2)cc1. The maximum Gasteiger partial charge on any atom is 0.337 e. The van der Waals surface area contributed by atoms with E-state index in [1.54, 1.807) is 32.9 Å². The van der Waals surface area contributed by atoms with Crippen molar-refractivity contribution in [3.05, 3.63) is 53.6 Å². The van der Waals surface area contributed by atoms with Crippen molar-refractivity contribution in [2.45, 2.75) is 20.8 Å². The largest absolute Gasteiger partial charge is 0.478 e. The van der Waals surface area contributed by atoms with Gasteiger partial charge in [0.15, 0.2) is 5.78 Å². The minimum atomic E-state index is -1.07. The van der Waals surface area contributed by atoms with Gasteiger partial charge in [-0.05, 0) is 49.4 Å². The number of carbonyl (C=O) groups excluding carboxylic acids is 2. The number of hydrogen-bond acceptors (Lipinski definition) is 5. The second kappa shape index (κ2) is 8.98. The minimum absolute atomic E-state index is 0.0497. The fourth-order valence-electron chi connectivity index (χ4n) is 3.42. The van der Waals surface area contributed by atoms with E-state index in [1.165, 1.54) is 0 Å². The first kappa shape index (κ1) is 21.4. The Labute approximate surface area is 176 Å². The summed E-state index contributed by atoms with van der Waals surface area (Å²) in [4.78, 5) is 39.5. The molecule has 3 rings (SSSR count). The first-order valence-electron chi connectivity index (χ1n) is 10.1. The first-order valence-corrected chi connectivity index (χ1v) is 10.1. The summed E-state index contributed by atoms with van der Waals surface area (Å²) < 4.78 is 0. The van der Waals surface area contributed by atoms with Crippen molar-refractivity contribution in [3.8, 4) is 0 Å². The molecule has 30 heavy (non-hydrogen) atoms. The van der Waals surface area contributed by atoms with Crippen LogP contribution in [0.25, 0.3) is 0 Å². The zero-order chi connectivity index (χ0) is 21.8. The number of aromatic carboxylic acids is 1. The second-order valence-electron chi connectivity index (χ2n) is 7.76. The molecule has 0 bridgehead atoms. The molecular formula is C23H27N3O4. The number of benzene rings is 2. The molecule has 2 aromatic carbocycles. The lowest BCUT2D eigenvalue weighted by atomic mass is 10.1. The summed E-state index contributed by atoms with van der Waals surface area (Å²) >= 11 is 0. The summed E-state index contributed by atoms with van der Waals surface area (Å²) in [6.45, 7) is 8.13. The van der Waals surface area contributed by atoms with E-state index >= 15 is 0 Å². The monoisotopic (exact) mass is 409 g/mol. The van der Waals surface area contributed by atoms with Crippen LogP contribution in [0, 0.1) is 5.92 Å². The molecule has 1 heterocycles. The van der Waals surface area contributed by atoms with Crippen molar-refractivity contribution in [1.82, 2.24) is 0 Å². The summed E-state index contributed by atoms with van der Waals surface area (Å²) in [6.07, 6.45) is 0. The number of anilines is 3. The van der Waals surface area contributed by atoms with Gasteiger partial charge in [0.25, 0.3) is 0 Å². The highest BCUT2D eigenvalue weighted by molar-refractivity contribution is 6.01. The Bertz CT molecular complexity index is 945. The fourth-order valence-corrected chi connectivity index (χ4v) is 3.42. The number of carboxylic acids is 1. The Hall–Kier alpha value is -3.35. The number of rotatable bonds is 6. The highest BCUT2D eigenvalue weighted by Gasteiger charge is 2.21. The second-order valence-corrected chi connectivity index (χ2v) is 7.76. The molecule has 1 aliphatic heterocycles. The molecule has 0 unspecified atom stereocenters. The maximum absolute atomic E-state index is 12.0. The van der Waals surface area contributed by atoms with Gasteiger partial charge >= 0.3 is 5.97 Å². The van der Waals surface area contributed by atoms with Crippen molar-refractivity contribution < 1.29 is 19.5 Å². The molecule has 0 radical (unpaired) electrons. The third kappa shape index (κ3) is 4.79. The van der Waals surface area contributed by atoms with E-state index < -0.39 is 5.97 Å². The van der Waals surface area contributed by atoms with Crippen molar-refractivity contribution in [3.63, 3.8) is 0 Å². The zero-order valence-corrected chi connectivity index (χ0v) is 17.5. The summed E-state index contributed by atoms with van der Waals surface area (Å²) in [5.41, 5.74) is 2.99. The van der Waals surface area contributed by atoms with E-state index in [4.69, 9.17) is 0 Å². The van der Waals surface area contributed by atoms with Gasteiger partial charge < -0.3 is 20.2 Å². The predicted octanol–water partition coefficient (Wildman–Crippen LogP) is 3.51. The van der Waals surface area contributed by atoms with Crippen molar-refractivity contribution in [2.75, 3.05) is 41.3 Å². The number of piperazine rings is 1.